The number of rotatable bonds is 5. The van der Waals surface area contributed by atoms with Gasteiger partial charge >= 0.3 is 0 Å². The van der Waals surface area contributed by atoms with E-state index < -0.39 is 0 Å². The van der Waals surface area contributed by atoms with Gasteiger partial charge in [-0.25, -0.2) is 0 Å². The van der Waals surface area contributed by atoms with Gasteiger partial charge in [-0.3, -0.25) is 4.79 Å². The van der Waals surface area contributed by atoms with E-state index in [1.165, 1.54) is 11.1 Å². The fourth-order valence-corrected chi connectivity index (χ4v) is 2.09. The van der Waals surface area contributed by atoms with Crippen LogP contribution in [0.3, 0.4) is 0 Å². The summed E-state index contributed by atoms with van der Waals surface area (Å²) >= 11 is 0. The van der Waals surface area contributed by atoms with Crippen molar-refractivity contribution in [3.8, 4) is 0 Å². The van der Waals surface area contributed by atoms with Crippen LogP contribution in [0, 0.1) is 0 Å². The fraction of sp³-hybridized carbons (Fsp3) is 0.188. The number of nitrogens with one attached hydrogen (secondary N) is 1. The van der Waals surface area contributed by atoms with Crippen LogP contribution in [-0.4, -0.2) is 19.0 Å². The van der Waals surface area contributed by atoms with Gasteiger partial charge in [0, 0.05) is 12.5 Å². The summed E-state index contributed by atoms with van der Waals surface area (Å²) in [4.78, 5) is 11.3. The minimum Gasteiger partial charge on any atom is -0.354 e. The second-order valence-corrected chi connectivity index (χ2v) is 4.38. The molecule has 98 valence electrons. The quantitative estimate of drug-likeness (QED) is 0.856. The minimum atomic E-state index is -0.128. The topological polar surface area (TPSA) is 55.1 Å². The lowest BCUT2D eigenvalue weighted by Gasteiger charge is -2.18. The molecule has 0 heterocycles. The smallest absolute Gasteiger partial charge is 0.233 e. The number of hydrogen-bond acceptors (Lipinski definition) is 2. The van der Waals surface area contributed by atoms with E-state index in [1.54, 1.807) is 0 Å². The molecule has 3 nitrogen and oxygen atoms in total. The number of amides is 1. The predicted molar refractivity (Wildman–Crippen MR) is 76.8 cm³/mol. The van der Waals surface area contributed by atoms with Gasteiger partial charge in [0.15, 0.2) is 0 Å². The number of carbonyl (C=O) groups excluding carboxylic acids is 1. The van der Waals surface area contributed by atoms with E-state index in [2.05, 4.69) is 29.6 Å². The van der Waals surface area contributed by atoms with Crippen molar-refractivity contribution in [2.75, 3.05) is 13.1 Å². The highest BCUT2D eigenvalue weighted by molar-refractivity contribution is 5.77. The SMILES string of the molecule is NCC(=O)NCC(c1ccccc1)c1ccccc1. The summed E-state index contributed by atoms with van der Waals surface area (Å²) in [6.07, 6.45) is 0. The third-order valence-corrected chi connectivity index (χ3v) is 3.09. The summed E-state index contributed by atoms with van der Waals surface area (Å²) in [5.74, 6) is 0.0229. The molecule has 3 heteroatoms. The second-order valence-electron chi connectivity index (χ2n) is 4.38. The molecule has 0 atom stereocenters. The largest absolute Gasteiger partial charge is 0.354 e. The maximum absolute atomic E-state index is 11.3. The van der Waals surface area contributed by atoms with Gasteiger partial charge in [-0.15, -0.1) is 0 Å². The standard InChI is InChI=1S/C16H18N2O/c17-11-16(19)18-12-15(13-7-3-1-4-8-13)14-9-5-2-6-10-14/h1-10,15H,11-12,17H2,(H,18,19). The van der Waals surface area contributed by atoms with E-state index in [4.69, 9.17) is 5.73 Å². The molecule has 2 aromatic carbocycles. The van der Waals surface area contributed by atoms with Crippen LogP contribution in [0.25, 0.3) is 0 Å². The molecule has 0 aliphatic carbocycles. The predicted octanol–water partition coefficient (Wildman–Crippen LogP) is 1.89. The summed E-state index contributed by atoms with van der Waals surface area (Å²) in [7, 11) is 0. The van der Waals surface area contributed by atoms with E-state index in [0.29, 0.717) is 6.54 Å². The second kappa shape index (κ2) is 6.71. The Hall–Kier alpha value is -2.13. The van der Waals surface area contributed by atoms with Gasteiger partial charge in [0.05, 0.1) is 6.54 Å². The Balaban J connectivity index is 2.21. The van der Waals surface area contributed by atoms with Gasteiger partial charge in [0.25, 0.3) is 0 Å². The molecule has 0 aliphatic heterocycles. The van der Waals surface area contributed by atoms with Crippen molar-refractivity contribution in [2.24, 2.45) is 5.73 Å². The summed E-state index contributed by atoms with van der Waals surface area (Å²) in [5.41, 5.74) is 7.70. The van der Waals surface area contributed by atoms with Crippen LogP contribution >= 0.6 is 0 Å². The lowest BCUT2D eigenvalue weighted by Crippen LogP contribution is -2.33. The zero-order chi connectivity index (χ0) is 13.5. The highest BCUT2D eigenvalue weighted by Crippen LogP contribution is 2.23. The Morgan fingerprint density at radius 3 is 1.84 bits per heavy atom. The van der Waals surface area contributed by atoms with Crippen molar-refractivity contribution in [2.45, 2.75) is 5.92 Å². The molecule has 1 amide bonds. The Morgan fingerprint density at radius 1 is 0.947 bits per heavy atom. The van der Waals surface area contributed by atoms with Gasteiger partial charge in [-0.05, 0) is 11.1 Å². The van der Waals surface area contributed by atoms with Crippen molar-refractivity contribution in [1.29, 1.82) is 0 Å². The maximum Gasteiger partial charge on any atom is 0.233 e. The van der Waals surface area contributed by atoms with Gasteiger partial charge in [-0.2, -0.15) is 0 Å². The molecule has 0 saturated carbocycles. The third-order valence-electron chi connectivity index (χ3n) is 3.09. The highest BCUT2D eigenvalue weighted by atomic mass is 16.1. The zero-order valence-corrected chi connectivity index (χ0v) is 10.8. The first kappa shape index (κ1) is 13.3. The molecule has 3 N–H and O–H groups in total. The molecule has 2 aromatic rings. The van der Waals surface area contributed by atoms with Crippen LogP contribution in [-0.2, 0) is 4.79 Å². The van der Waals surface area contributed by atoms with Crippen LogP contribution in [0.1, 0.15) is 17.0 Å². The Bertz CT molecular complexity index is 471. The fourth-order valence-electron chi connectivity index (χ4n) is 2.09. The summed E-state index contributed by atoms with van der Waals surface area (Å²) < 4.78 is 0. The molecule has 0 unspecified atom stereocenters. The van der Waals surface area contributed by atoms with Gasteiger partial charge in [0.2, 0.25) is 5.91 Å². The molecule has 0 radical (unpaired) electrons. The van der Waals surface area contributed by atoms with E-state index in [0.717, 1.165) is 0 Å². The average Bonchev–Trinajstić information content (AvgIpc) is 2.49. The monoisotopic (exact) mass is 254 g/mol. The van der Waals surface area contributed by atoms with Gasteiger partial charge in [-0.1, -0.05) is 60.7 Å². The lowest BCUT2D eigenvalue weighted by molar-refractivity contribution is -0.119. The first-order chi connectivity index (χ1) is 9.31. The molecule has 0 bridgehead atoms. The van der Waals surface area contributed by atoms with Gasteiger partial charge < -0.3 is 11.1 Å². The Kier molecular flexibility index (Phi) is 4.70. The summed E-state index contributed by atoms with van der Waals surface area (Å²) in [5, 5.41) is 2.87. The first-order valence-corrected chi connectivity index (χ1v) is 6.38. The van der Waals surface area contributed by atoms with E-state index in [1.807, 2.05) is 36.4 Å². The molecule has 0 aromatic heterocycles. The van der Waals surface area contributed by atoms with Crippen LogP contribution < -0.4 is 11.1 Å². The molecule has 0 saturated heterocycles. The molecular formula is C16H18N2O. The molecular weight excluding hydrogens is 236 g/mol. The average molecular weight is 254 g/mol. The molecule has 19 heavy (non-hydrogen) atoms. The summed E-state index contributed by atoms with van der Waals surface area (Å²) in [6, 6.07) is 20.3. The van der Waals surface area contributed by atoms with E-state index >= 15 is 0 Å². The summed E-state index contributed by atoms with van der Waals surface area (Å²) in [6.45, 7) is 0.584. The van der Waals surface area contributed by atoms with Crippen LogP contribution in [0.4, 0.5) is 0 Å². The van der Waals surface area contributed by atoms with E-state index in [-0.39, 0.29) is 18.4 Å². The molecule has 0 spiro atoms. The number of carbonyl (C=O) groups is 1. The highest BCUT2D eigenvalue weighted by Gasteiger charge is 2.14. The maximum atomic E-state index is 11.3. The zero-order valence-electron chi connectivity index (χ0n) is 10.8. The first-order valence-electron chi connectivity index (χ1n) is 6.38. The van der Waals surface area contributed by atoms with Crippen molar-refractivity contribution in [3.05, 3.63) is 71.8 Å². The number of nitrogens with two attached hydrogens (primary N) is 1. The van der Waals surface area contributed by atoms with Crippen LogP contribution in [0.2, 0.25) is 0 Å². The normalized spacial score (nSPS) is 10.4. The Morgan fingerprint density at radius 2 is 1.42 bits per heavy atom. The lowest BCUT2D eigenvalue weighted by atomic mass is 9.91. The van der Waals surface area contributed by atoms with Crippen LogP contribution in [0.15, 0.2) is 60.7 Å². The molecule has 2 rings (SSSR count). The van der Waals surface area contributed by atoms with Crippen LogP contribution in [0.5, 0.6) is 0 Å². The molecule has 0 fully saturated rings. The number of benzene rings is 2. The van der Waals surface area contributed by atoms with Crippen molar-refractivity contribution in [3.63, 3.8) is 0 Å². The molecule has 0 aliphatic rings. The number of hydrogen-bond donors (Lipinski definition) is 2. The Labute approximate surface area is 113 Å². The van der Waals surface area contributed by atoms with Crippen molar-refractivity contribution >= 4 is 5.91 Å². The van der Waals surface area contributed by atoms with Crippen molar-refractivity contribution < 1.29 is 4.79 Å². The van der Waals surface area contributed by atoms with Crippen molar-refractivity contribution in [1.82, 2.24) is 5.32 Å². The van der Waals surface area contributed by atoms with E-state index in [9.17, 15) is 4.79 Å². The third kappa shape index (κ3) is 3.66. The van der Waals surface area contributed by atoms with Gasteiger partial charge in [0.1, 0.15) is 0 Å². The minimum absolute atomic E-state index is 0.0241.